The van der Waals surface area contributed by atoms with Gasteiger partial charge in [-0.15, -0.1) is 12.4 Å². The number of anilines is 1. The minimum atomic E-state index is -3.75. The molecule has 10 heteroatoms. The molecule has 0 aromatic heterocycles. The number of nitrogens with zero attached hydrogens (tertiary/aromatic N) is 3. The molecule has 3 rings (SSSR count). The molecule has 2 aromatic rings. The van der Waals surface area contributed by atoms with Gasteiger partial charge in [-0.1, -0.05) is 23.7 Å². The van der Waals surface area contributed by atoms with Crippen molar-refractivity contribution in [3.05, 3.63) is 58.9 Å². The van der Waals surface area contributed by atoms with Crippen LogP contribution in [0, 0.1) is 17.1 Å². The molecule has 1 atom stereocenters. The van der Waals surface area contributed by atoms with E-state index in [9.17, 15) is 18.1 Å². The summed E-state index contributed by atoms with van der Waals surface area (Å²) in [4.78, 5) is 4.32. The molecule has 0 unspecified atom stereocenters. The molecule has 0 spiro atoms. The van der Waals surface area contributed by atoms with E-state index in [1.165, 1.54) is 6.07 Å². The van der Waals surface area contributed by atoms with Crippen LogP contribution >= 0.6 is 24.0 Å². The molecule has 1 heterocycles. The SMILES string of the molecule is C[C@H]1CN(c2ccccc2C#N)CCN1CCNS(=O)(=O)c1ccc(F)c(Cl)c1.Cl. The molecule has 2 aromatic carbocycles. The van der Waals surface area contributed by atoms with E-state index < -0.39 is 15.8 Å². The Balaban J connectivity index is 0.00000320. The molecule has 0 saturated carbocycles. The molecule has 0 bridgehead atoms. The summed E-state index contributed by atoms with van der Waals surface area (Å²) in [6.45, 7) is 5.11. The van der Waals surface area contributed by atoms with Gasteiger partial charge < -0.3 is 4.90 Å². The zero-order chi connectivity index (χ0) is 21.0. The van der Waals surface area contributed by atoms with Gasteiger partial charge >= 0.3 is 0 Å². The van der Waals surface area contributed by atoms with Crippen molar-refractivity contribution in [3.8, 4) is 6.07 Å². The molecular formula is C20H23Cl2FN4O2S. The van der Waals surface area contributed by atoms with Crippen LogP contribution in [0.25, 0.3) is 0 Å². The number of nitriles is 1. The van der Waals surface area contributed by atoms with Crippen LogP contribution in [0.5, 0.6) is 0 Å². The second kappa shape index (κ2) is 10.4. The highest BCUT2D eigenvalue weighted by Gasteiger charge is 2.25. The first-order valence-corrected chi connectivity index (χ1v) is 11.1. The van der Waals surface area contributed by atoms with Crippen LogP contribution in [0.3, 0.4) is 0 Å². The molecule has 30 heavy (non-hydrogen) atoms. The van der Waals surface area contributed by atoms with Crippen molar-refractivity contribution >= 4 is 39.7 Å². The Kier molecular flexibility index (Phi) is 8.47. The Hall–Kier alpha value is -1.89. The summed E-state index contributed by atoms with van der Waals surface area (Å²) < 4.78 is 40.5. The summed E-state index contributed by atoms with van der Waals surface area (Å²) in [6.07, 6.45) is 0. The van der Waals surface area contributed by atoms with Crippen molar-refractivity contribution < 1.29 is 12.8 Å². The van der Waals surface area contributed by atoms with Gasteiger partial charge in [-0.25, -0.2) is 17.5 Å². The predicted molar refractivity (Wildman–Crippen MR) is 118 cm³/mol. The lowest BCUT2D eigenvalue weighted by Gasteiger charge is -2.41. The number of rotatable bonds is 6. The van der Waals surface area contributed by atoms with Crippen LogP contribution in [-0.2, 0) is 10.0 Å². The van der Waals surface area contributed by atoms with Crippen LogP contribution in [0.4, 0.5) is 10.1 Å². The first-order chi connectivity index (χ1) is 13.8. The Morgan fingerprint density at radius 1 is 1.27 bits per heavy atom. The van der Waals surface area contributed by atoms with Gasteiger partial charge in [0.2, 0.25) is 10.0 Å². The number of piperazine rings is 1. The number of halogens is 3. The minimum absolute atomic E-state index is 0. The third kappa shape index (κ3) is 5.62. The van der Waals surface area contributed by atoms with Gasteiger partial charge in [0.15, 0.2) is 0 Å². The maximum atomic E-state index is 13.3. The van der Waals surface area contributed by atoms with Crippen molar-refractivity contribution in [2.45, 2.75) is 17.9 Å². The summed E-state index contributed by atoms with van der Waals surface area (Å²) in [7, 11) is -3.75. The molecule has 0 aliphatic carbocycles. The summed E-state index contributed by atoms with van der Waals surface area (Å²) in [5.74, 6) is -0.657. The van der Waals surface area contributed by atoms with Crippen LogP contribution in [-0.4, -0.2) is 52.1 Å². The topological polar surface area (TPSA) is 76.4 Å². The molecule has 1 fully saturated rings. The number of sulfonamides is 1. The highest BCUT2D eigenvalue weighted by molar-refractivity contribution is 7.89. The van der Waals surface area contributed by atoms with Gasteiger partial charge in [-0.3, -0.25) is 4.90 Å². The quantitative estimate of drug-likeness (QED) is 0.697. The normalized spacial score (nSPS) is 17.3. The van der Waals surface area contributed by atoms with Crippen LogP contribution in [0.15, 0.2) is 47.4 Å². The smallest absolute Gasteiger partial charge is 0.240 e. The summed E-state index contributed by atoms with van der Waals surface area (Å²) in [5.41, 5.74) is 1.58. The fraction of sp³-hybridized carbons (Fsp3) is 0.350. The molecule has 6 nitrogen and oxygen atoms in total. The highest BCUT2D eigenvalue weighted by atomic mass is 35.5. The lowest BCUT2D eigenvalue weighted by atomic mass is 10.1. The number of nitrogens with one attached hydrogen (secondary N) is 1. The summed E-state index contributed by atoms with van der Waals surface area (Å²) in [6, 6.07) is 13.3. The number of benzene rings is 2. The van der Waals surface area contributed by atoms with Crippen LogP contribution in [0.1, 0.15) is 12.5 Å². The Morgan fingerprint density at radius 3 is 2.67 bits per heavy atom. The molecule has 1 N–H and O–H groups in total. The van der Waals surface area contributed by atoms with Crippen molar-refractivity contribution in [1.29, 1.82) is 5.26 Å². The van der Waals surface area contributed by atoms with E-state index in [2.05, 4.69) is 27.5 Å². The fourth-order valence-electron chi connectivity index (χ4n) is 3.44. The third-order valence-electron chi connectivity index (χ3n) is 5.02. The second-order valence-corrected chi connectivity index (χ2v) is 9.11. The van der Waals surface area contributed by atoms with Crippen molar-refractivity contribution in [2.24, 2.45) is 0 Å². The second-order valence-electron chi connectivity index (χ2n) is 6.93. The van der Waals surface area contributed by atoms with E-state index in [-0.39, 0.29) is 34.9 Å². The Labute approximate surface area is 187 Å². The molecule has 1 aliphatic rings. The van der Waals surface area contributed by atoms with Gasteiger partial charge in [0.05, 0.1) is 21.2 Å². The number of para-hydroxylation sites is 1. The summed E-state index contributed by atoms with van der Waals surface area (Å²) in [5, 5.41) is 9.08. The van der Waals surface area contributed by atoms with E-state index in [0.717, 1.165) is 37.5 Å². The zero-order valence-electron chi connectivity index (χ0n) is 16.4. The standard InChI is InChI=1S/C20H22ClFN4O2S.ClH/c1-15-14-26(20-5-3-2-4-16(20)13-23)11-10-25(15)9-8-24-29(27,28)17-6-7-19(22)18(21)12-17;/h2-7,12,15,24H,8-11,14H2,1H3;1H/t15-;/m0./s1. The lowest BCUT2D eigenvalue weighted by Crippen LogP contribution is -2.53. The molecule has 0 amide bonds. The van der Waals surface area contributed by atoms with Crippen LogP contribution < -0.4 is 9.62 Å². The number of hydrogen-bond acceptors (Lipinski definition) is 5. The molecule has 0 radical (unpaired) electrons. The van der Waals surface area contributed by atoms with Gasteiger partial charge in [-0.2, -0.15) is 5.26 Å². The largest absolute Gasteiger partial charge is 0.368 e. The predicted octanol–water partition coefficient (Wildman–Crippen LogP) is 3.26. The fourth-order valence-corrected chi connectivity index (χ4v) is 4.73. The van der Waals surface area contributed by atoms with E-state index in [1.54, 1.807) is 0 Å². The lowest BCUT2D eigenvalue weighted by molar-refractivity contribution is 0.193. The molecule has 162 valence electrons. The van der Waals surface area contributed by atoms with E-state index in [0.29, 0.717) is 12.1 Å². The molecular weight excluding hydrogens is 450 g/mol. The minimum Gasteiger partial charge on any atom is -0.368 e. The Bertz CT molecular complexity index is 1030. The Morgan fingerprint density at radius 2 is 2.00 bits per heavy atom. The van der Waals surface area contributed by atoms with E-state index >= 15 is 0 Å². The van der Waals surface area contributed by atoms with Gasteiger partial charge in [0.25, 0.3) is 0 Å². The molecule has 1 saturated heterocycles. The maximum Gasteiger partial charge on any atom is 0.240 e. The van der Waals surface area contributed by atoms with Gasteiger partial charge in [-0.05, 0) is 37.3 Å². The van der Waals surface area contributed by atoms with Gasteiger partial charge in [0, 0.05) is 38.8 Å². The van der Waals surface area contributed by atoms with Crippen molar-refractivity contribution in [3.63, 3.8) is 0 Å². The average Bonchev–Trinajstić information content (AvgIpc) is 2.71. The summed E-state index contributed by atoms with van der Waals surface area (Å²) >= 11 is 5.68. The van der Waals surface area contributed by atoms with Gasteiger partial charge in [0.1, 0.15) is 11.9 Å². The van der Waals surface area contributed by atoms with Crippen LogP contribution in [0.2, 0.25) is 5.02 Å². The average molecular weight is 473 g/mol. The monoisotopic (exact) mass is 472 g/mol. The maximum absolute atomic E-state index is 13.3. The van der Waals surface area contributed by atoms with Crippen molar-refractivity contribution in [2.75, 3.05) is 37.6 Å². The highest BCUT2D eigenvalue weighted by Crippen LogP contribution is 2.23. The van der Waals surface area contributed by atoms with E-state index in [4.69, 9.17) is 11.6 Å². The first kappa shape index (κ1) is 24.4. The van der Waals surface area contributed by atoms with Crippen molar-refractivity contribution in [1.82, 2.24) is 9.62 Å². The number of hydrogen-bond donors (Lipinski definition) is 1. The third-order valence-corrected chi connectivity index (χ3v) is 6.77. The molecule has 1 aliphatic heterocycles. The van der Waals surface area contributed by atoms with E-state index in [1.807, 2.05) is 24.3 Å². The zero-order valence-corrected chi connectivity index (χ0v) is 18.8. The first-order valence-electron chi connectivity index (χ1n) is 9.24.